The van der Waals surface area contributed by atoms with Gasteiger partial charge in [-0.1, -0.05) is 24.3 Å². The second kappa shape index (κ2) is 10.9. The van der Waals surface area contributed by atoms with Gasteiger partial charge < -0.3 is 24.8 Å². The molecule has 1 unspecified atom stereocenters. The molecule has 0 bridgehead atoms. The highest BCUT2D eigenvalue weighted by Gasteiger charge is 2.20. The summed E-state index contributed by atoms with van der Waals surface area (Å²) in [6.45, 7) is 5.74. The van der Waals surface area contributed by atoms with Crippen molar-refractivity contribution in [2.45, 2.75) is 32.5 Å². The van der Waals surface area contributed by atoms with E-state index in [0.717, 1.165) is 37.6 Å². The zero-order valence-electron chi connectivity index (χ0n) is 19.2. The van der Waals surface area contributed by atoms with E-state index in [9.17, 15) is 0 Å². The maximum Gasteiger partial charge on any atom is 0.203 e. The van der Waals surface area contributed by atoms with Gasteiger partial charge in [0.05, 0.1) is 21.3 Å². The van der Waals surface area contributed by atoms with Crippen molar-refractivity contribution < 1.29 is 14.2 Å². The lowest BCUT2D eigenvalue weighted by Crippen LogP contribution is -2.47. The molecule has 31 heavy (non-hydrogen) atoms. The number of methoxy groups -OCH3 is 3. The van der Waals surface area contributed by atoms with Crippen LogP contribution in [0.5, 0.6) is 17.2 Å². The van der Waals surface area contributed by atoms with Crippen LogP contribution in [0.2, 0.25) is 0 Å². The van der Waals surface area contributed by atoms with Gasteiger partial charge in [0.2, 0.25) is 5.75 Å². The molecule has 0 fully saturated rings. The monoisotopic (exact) mass is 426 g/mol. The van der Waals surface area contributed by atoms with E-state index in [0.29, 0.717) is 29.8 Å². The van der Waals surface area contributed by atoms with Crippen LogP contribution >= 0.6 is 0 Å². The molecule has 1 aliphatic heterocycles. The average Bonchev–Trinajstić information content (AvgIpc) is 2.82. The SMILES string of the molecule is CN=C(NCc1cc(OC)c(OC)c(OC)c1)NCC(C)N1CCc2ccccc2C1. The van der Waals surface area contributed by atoms with E-state index in [4.69, 9.17) is 14.2 Å². The Morgan fingerprint density at radius 3 is 2.32 bits per heavy atom. The minimum Gasteiger partial charge on any atom is -0.493 e. The number of nitrogens with one attached hydrogen (secondary N) is 2. The number of guanidine groups is 1. The molecular formula is C24H34N4O3. The second-order valence-electron chi connectivity index (χ2n) is 7.68. The van der Waals surface area contributed by atoms with Gasteiger partial charge in [-0.3, -0.25) is 9.89 Å². The molecule has 0 saturated carbocycles. The second-order valence-corrected chi connectivity index (χ2v) is 7.68. The summed E-state index contributed by atoms with van der Waals surface area (Å²) in [7, 11) is 6.63. The smallest absolute Gasteiger partial charge is 0.203 e. The van der Waals surface area contributed by atoms with E-state index in [1.165, 1.54) is 11.1 Å². The third-order valence-electron chi connectivity index (χ3n) is 5.76. The van der Waals surface area contributed by atoms with Crippen LogP contribution in [-0.2, 0) is 19.5 Å². The quantitative estimate of drug-likeness (QED) is 0.500. The van der Waals surface area contributed by atoms with Gasteiger partial charge in [-0.05, 0) is 42.2 Å². The molecule has 2 aromatic carbocycles. The Bertz CT molecular complexity index is 875. The van der Waals surface area contributed by atoms with Crippen molar-refractivity contribution in [3.63, 3.8) is 0 Å². The largest absolute Gasteiger partial charge is 0.493 e. The summed E-state index contributed by atoms with van der Waals surface area (Å²) in [5.41, 5.74) is 3.92. The highest BCUT2D eigenvalue weighted by molar-refractivity contribution is 5.79. The molecule has 1 atom stereocenters. The van der Waals surface area contributed by atoms with Crippen molar-refractivity contribution in [2.24, 2.45) is 4.99 Å². The van der Waals surface area contributed by atoms with Gasteiger partial charge in [-0.15, -0.1) is 0 Å². The van der Waals surface area contributed by atoms with Gasteiger partial charge in [0.1, 0.15) is 0 Å². The molecule has 0 spiro atoms. The topological polar surface area (TPSA) is 67.4 Å². The molecule has 7 nitrogen and oxygen atoms in total. The Morgan fingerprint density at radius 1 is 1.03 bits per heavy atom. The van der Waals surface area contributed by atoms with Crippen LogP contribution < -0.4 is 24.8 Å². The first-order valence-corrected chi connectivity index (χ1v) is 10.6. The van der Waals surface area contributed by atoms with Crippen molar-refractivity contribution in [3.8, 4) is 17.2 Å². The number of hydrogen-bond acceptors (Lipinski definition) is 5. The van der Waals surface area contributed by atoms with Crippen molar-refractivity contribution in [1.82, 2.24) is 15.5 Å². The molecule has 0 amide bonds. The van der Waals surface area contributed by atoms with Crippen LogP contribution in [0.15, 0.2) is 41.4 Å². The Hall–Kier alpha value is -2.93. The number of hydrogen-bond donors (Lipinski definition) is 2. The summed E-state index contributed by atoms with van der Waals surface area (Å²) in [5.74, 6) is 2.63. The Kier molecular flexibility index (Phi) is 8.00. The van der Waals surface area contributed by atoms with Gasteiger partial charge in [0.15, 0.2) is 17.5 Å². The molecule has 1 aliphatic rings. The summed E-state index contributed by atoms with van der Waals surface area (Å²) in [4.78, 5) is 6.88. The molecule has 2 N–H and O–H groups in total. The van der Waals surface area contributed by atoms with Crippen LogP contribution in [0.25, 0.3) is 0 Å². The molecule has 168 valence electrons. The van der Waals surface area contributed by atoms with Gasteiger partial charge in [0, 0.05) is 39.3 Å². The number of aliphatic imine (C=N–C) groups is 1. The Morgan fingerprint density at radius 2 is 1.71 bits per heavy atom. The van der Waals surface area contributed by atoms with Gasteiger partial charge in [-0.25, -0.2) is 0 Å². The number of ether oxygens (including phenoxy) is 3. The lowest BCUT2D eigenvalue weighted by Gasteiger charge is -2.34. The van der Waals surface area contributed by atoms with Gasteiger partial charge in [0.25, 0.3) is 0 Å². The third-order valence-corrected chi connectivity index (χ3v) is 5.76. The minimum atomic E-state index is 0.396. The summed E-state index contributed by atoms with van der Waals surface area (Å²) >= 11 is 0. The van der Waals surface area contributed by atoms with Crippen molar-refractivity contribution in [2.75, 3.05) is 41.5 Å². The van der Waals surface area contributed by atoms with E-state index in [-0.39, 0.29) is 0 Å². The van der Waals surface area contributed by atoms with Crippen molar-refractivity contribution in [1.29, 1.82) is 0 Å². The molecular weight excluding hydrogens is 392 g/mol. The maximum atomic E-state index is 5.44. The molecule has 3 rings (SSSR count). The summed E-state index contributed by atoms with van der Waals surface area (Å²) in [5, 5.41) is 6.82. The Labute approximate surface area is 185 Å². The molecule has 0 radical (unpaired) electrons. The number of nitrogens with zero attached hydrogens (tertiary/aromatic N) is 2. The van der Waals surface area contributed by atoms with Crippen LogP contribution in [0.3, 0.4) is 0 Å². The third kappa shape index (κ3) is 5.61. The molecule has 7 heteroatoms. The molecule has 0 saturated heterocycles. The fraction of sp³-hybridized carbons (Fsp3) is 0.458. The van der Waals surface area contributed by atoms with E-state index < -0.39 is 0 Å². The highest BCUT2D eigenvalue weighted by atomic mass is 16.5. The van der Waals surface area contributed by atoms with Crippen LogP contribution in [-0.4, -0.2) is 58.4 Å². The first-order chi connectivity index (χ1) is 15.1. The predicted octanol–water partition coefficient (Wildman–Crippen LogP) is 2.82. The Balaban J connectivity index is 1.54. The number of rotatable bonds is 8. The average molecular weight is 427 g/mol. The highest BCUT2D eigenvalue weighted by Crippen LogP contribution is 2.38. The van der Waals surface area contributed by atoms with Gasteiger partial charge >= 0.3 is 0 Å². The van der Waals surface area contributed by atoms with Crippen molar-refractivity contribution in [3.05, 3.63) is 53.1 Å². The molecule has 0 aromatic heterocycles. The fourth-order valence-electron chi connectivity index (χ4n) is 3.91. The molecule has 0 aliphatic carbocycles. The predicted molar refractivity (Wildman–Crippen MR) is 124 cm³/mol. The van der Waals surface area contributed by atoms with Gasteiger partial charge in [-0.2, -0.15) is 0 Å². The number of benzene rings is 2. The van der Waals surface area contributed by atoms with E-state index in [2.05, 4.69) is 51.7 Å². The first-order valence-electron chi connectivity index (χ1n) is 10.6. The summed E-state index contributed by atoms with van der Waals surface area (Å²) < 4.78 is 16.3. The molecule has 1 heterocycles. The minimum absolute atomic E-state index is 0.396. The lowest BCUT2D eigenvalue weighted by atomic mass is 9.99. The fourth-order valence-corrected chi connectivity index (χ4v) is 3.91. The van der Waals surface area contributed by atoms with E-state index in [1.54, 1.807) is 28.4 Å². The zero-order valence-corrected chi connectivity index (χ0v) is 19.2. The van der Waals surface area contributed by atoms with E-state index in [1.807, 2.05) is 12.1 Å². The summed E-state index contributed by atoms with van der Waals surface area (Å²) in [6.07, 6.45) is 1.11. The normalized spacial score (nSPS) is 15.1. The first kappa shape index (κ1) is 22.7. The van der Waals surface area contributed by atoms with Crippen molar-refractivity contribution >= 4 is 5.96 Å². The van der Waals surface area contributed by atoms with Crippen LogP contribution in [0.1, 0.15) is 23.6 Å². The standard InChI is InChI=1S/C24H34N4O3/c1-17(28-11-10-19-8-6-7-9-20(19)16-28)14-26-24(25-2)27-15-18-12-21(29-3)23(31-5)22(13-18)30-4/h6-9,12-13,17H,10-11,14-16H2,1-5H3,(H2,25,26,27). The lowest BCUT2D eigenvalue weighted by molar-refractivity contribution is 0.191. The number of fused-ring (bicyclic) bond motifs is 1. The van der Waals surface area contributed by atoms with Crippen LogP contribution in [0.4, 0.5) is 0 Å². The molecule has 2 aromatic rings. The maximum absolute atomic E-state index is 5.44. The van der Waals surface area contributed by atoms with E-state index >= 15 is 0 Å². The zero-order chi connectivity index (χ0) is 22.2. The summed E-state index contributed by atoms with van der Waals surface area (Å²) in [6, 6.07) is 13.0. The van der Waals surface area contributed by atoms with Crippen LogP contribution in [0, 0.1) is 0 Å².